The number of nitrogen functional groups attached to an aromatic ring is 1. The molecule has 4 N–H and O–H groups in total. The second-order valence-electron chi connectivity index (χ2n) is 4.46. The summed E-state index contributed by atoms with van der Waals surface area (Å²) in [5.74, 6) is -1.96. The van der Waals surface area contributed by atoms with E-state index in [4.69, 9.17) is 10.8 Å². The molecule has 0 spiro atoms. The highest BCUT2D eigenvalue weighted by Crippen LogP contribution is 2.19. The number of benzene rings is 2. The molecule has 0 unspecified atom stereocenters. The van der Waals surface area contributed by atoms with E-state index in [-0.39, 0.29) is 23.5 Å². The van der Waals surface area contributed by atoms with Crippen molar-refractivity contribution in [3.8, 4) is 0 Å². The van der Waals surface area contributed by atoms with Gasteiger partial charge in [0.25, 0.3) is 0 Å². The predicted molar refractivity (Wildman–Crippen MR) is 76.5 cm³/mol. The minimum absolute atomic E-state index is 0.0176. The van der Waals surface area contributed by atoms with Gasteiger partial charge >= 0.3 is 5.97 Å². The highest BCUT2D eigenvalue weighted by Gasteiger charge is 2.13. The molecule has 0 radical (unpaired) electrons. The third-order valence-electron chi connectivity index (χ3n) is 2.83. The molecule has 0 bridgehead atoms. The van der Waals surface area contributed by atoms with Gasteiger partial charge in [0.15, 0.2) is 0 Å². The smallest absolute Gasteiger partial charge is 0.337 e. The lowest BCUT2D eigenvalue weighted by Gasteiger charge is -2.09. The molecular weight excluding hydrogens is 275 g/mol. The van der Waals surface area contributed by atoms with Crippen molar-refractivity contribution in [2.75, 3.05) is 11.1 Å². The van der Waals surface area contributed by atoms with Crippen LogP contribution in [0.25, 0.3) is 0 Å². The number of carboxylic acid groups (broad SMARTS) is 1. The third-order valence-corrected chi connectivity index (χ3v) is 2.83. The number of anilines is 2. The van der Waals surface area contributed by atoms with Crippen LogP contribution < -0.4 is 11.1 Å². The van der Waals surface area contributed by atoms with Crippen LogP contribution in [0.1, 0.15) is 15.9 Å². The number of hydrogen-bond acceptors (Lipinski definition) is 3. The Labute approximate surface area is 120 Å². The van der Waals surface area contributed by atoms with Crippen LogP contribution in [-0.4, -0.2) is 17.0 Å². The van der Waals surface area contributed by atoms with Gasteiger partial charge in [-0.2, -0.15) is 0 Å². The van der Waals surface area contributed by atoms with E-state index in [9.17, 15) is 14.0 Å². The summed E-state index contributed by atoms with van der Waals surface area (Å²) in [6.45, 7) is 0. The van der Waals surface area contributed by atoms with Gasteiger partial charge in [-0.15, -0.1) is 0 Å². The molecule has 5 nitrogen and oxygen atoms in total. The molecule has 0 aliphatic carbocycles. The van der Waals surface area contributed by atoms with E-state index in [2.05, 4.69) is 5.32 Å². The molecule has 1 amide bonds. The maximum Gasteiger partial charge on any atom is 0.337 e. The summed E-state index contributed by atoms with van der Waals surface area (Å²) in [6.07, 6.45) is 0.0176. The van der Waals surface area contributed by atoms with Crippen molar-refractivity contribution in [1.29, 1.82) is 0 Å². The van der Waals surface area contributed by atoms with E-state index in [0.29, 0.717) is 11.3 Å². The first-order valence-electron chi connectivity index (χ1n) is 6.13. The zero-order chi connectivity index (χ0) is 15.4. The van der Waals surface area contributed by atoms with E-state index >= 15 is 0 Å². The number of rotatable bonds is 4. The monoisotopic (exact) mass is 288 g/mol. The molecule has 108 valence electrons. The number of halogens is 1. The van der Waals surface area contributed by atoms with Crippen LogP contribution in [0.4, 0.5) is 15.8 Å². The summed E-state index contributed by atoms with van der Waals surface area (Å²) in [5, 5.41) is 11.6. The number of aromatic carboxylic acids is 1. The van der Waals surface area contributed by atoms with Gasteiger partial charge in [-0.05, 0) is 35.9 Å². The maximum absolute atomic E-state index is 12.8. The van der Waals surface area contributed by atoms with E-state index < -0.39 is 11.9 Å². The Morgan fingerprint density at radius 2 is 1.81 bits per heavy atom. The van der Waals surface area contributed by atoms with Crippen molar-refractivity contribution in [3.05, 3.63) is 59.4 Å². The van der Waals surface area contributed by atoms with Gasteiger partial charge in [0.2, 0.25) is 5.91 Å². The number of carbonyl (C=O) groups excluding carboxylic acids is 1. The Balaban J connectivity index is 2.12. The van der Waals surface area contributed by atoms with Gasteiger partial charge in [-0.1, -0.05) is 12.1 Å². The molecule has 0 fully saturated rings. The number of carboxylic acids is 1. The minimum Gasteiger partial charge on any atom is -0.478 e. The highest BCUT2D eigenvalue weighted by atomic mass is 19.1. The molecule has 0 aliphatic rings. The summed E-state index contributed by atoms with van der Waals surface area (Å²) in [6, 6.07) is 9.71. The first-order chi connectivity index (χ1) is 9.95. The van der Waals surface area contributed by atoms with Crippen molar-refractivity contribution in [2.24, 2.45) is 0 Å². The molecule has 0 atom stereocenters. The lowest BCUT2D eigenvalue weighted by atomic mass is 10.1. The minimum atomic E-state index is -1.18. The zero-order valence-corrected chi connectivity index (χ0v) is 11.0. The molecule has 0 aliphatic heterocycles. The number of carbonyl (C=O) groups is 2. The summed E-state index contributed by atoms with van der Waals surface area (Å²) in [7, 11) is 0. The highest BCUT2D eigenvalue weighted by molar-refractivity contribution is 6.01. The fraction of sp³-hybridized carbons (Fsp3) is 0.0667. The predicted octanol–water partition coefficient (Wildman–Crippen LogP) is 2.29. The fourth-order valence-corrected chi connectivity index (χ4v) is 1.83. The number of nitrogens with one attached hydrogen (secondary N) is 1. The van der Waals surface area contributed by atoms with Crippen LogP contribution in [0, 0.1) is 5.82 Å². The number of hydrogen-bond donors (Lipinski definition) is 3. The summed E-state index contributed by atoms with van der Waals surface area (Å²) < 4.78 is 12.8. The fourth-order valence-electron chi connectivity index (χ4n) is 1.83. The van der Waals surface area contributed by atoms with Gasteiger partial charge in [0, 0.05) is 5.69 Å². The molecule has 21 heavy (non-hydrogen) atoms. The second-order valence-corrected chi connectivity index (χ2v) is 4.46. The van der Waals surface area contributed by atoms with Crippen molar-refractivity contribution in [3.63, 3.8) is 0 Å². The van der Waals surface area contributed by atoms with Crippen LogP contribution in [0.5, 0.6) is 0 Å². The number of nitrogens with two attached hydrogens (primary N) is 1. The maximum atomic E-state index is 12.8. The lowest BCUT2D eigenvalue weighted by molar-refractivity contribution is -0.115. The van der Waals surface area contributed by atoms with E-state index in [1.807, 2.05) is 0 Å². The molecule has 6 heteroatoms. The van der Waals surface area contributed by atoms with Crippen molar-refractivity contribution < 1.29 is 19.1 Å². The summed E-state index contributed by atoms with van der Waals surface area (Å²) >= 11 is 0. The lowest BCUT2D eigenvalue weighted by Crippen LogP contribution is -2.17. The molecule has 0 saturated carbocycles. The Morgan fingerprint density at radius 1 is 1.14 bits per heavy atom. The van der Waals surface area contributed by atoms with Crippen molar-refractivity contribution in [2.45, 2.75) is 6.42 Å². The van der Waals surface area contributed by atoms with Crippen LogP contribution in [0.2, 0.25) is 0 Å². The van der Waals surface area contributed by atoms with Crippen LogP contribution in [0.3, 0.4) is 0 Å². The molecule has 0 saturated heterocycles. The SMILES string of the molecule is Nc1ccc(NC(=O)Cc2ccc(F)cc2)c(C(=O)O)c1. The van der Waals surface area contributed by atoms with Crippen molar-refractivity contribution >= 4 is 23.3 Å². The molecular formula is C15H13FN2O3. The third kappa shape index (κ3) is 3.79. The largest absolute Gasteiger partial charge is 0.478 e. The average Bonchev–Trinajstić information content (AvgIpc) is 2.43. The Morgan fingerprint density at radius 3 is 2.43 bits per heavy atom. The average molecular weight is 288 g/mol. The quantitative estimate of drug-likeness (QED) is 0.752. The topological polar surface area (TPSA) is 92.4 Å². The summed E-state index contributed by atoms with van der Waals surface area (Å²) in [5.41, 5.74) is 6.53. The first kappa shape index (κ1) is 14.5. The molecule has 2 aromatic rings. The molecule has 2 rings (SSSR count). The van der Waals surface area contributed by atoms with Crippen LogP contribution in [-0.2, 0) is 11.2 Å². The van der Waals surface area contributed by atoms with E-state index in [1.54, 1.807) is 0 Å². The van der Waals surface area contributed by atoms with Gasteiger partial charge in [0.1, 0.15) is 5.82 Å². The van der Waals surface area contributed by atoms with Gasteiger partial charge < -0.3 is 16.2 Å². The van der Waals surface area contributed by atoms with E-state index in [1.165, 1.54) is 42.5 Å². The second kappa shape index (κ2) is 6.04. The zero-order valence-electron chi connectivity index (χ0n) is 11.0. The molecule has 0 heterocycles. The van der Waals surface area contributed by atoms with E-state index in [0.717, 1.165) is 0 Å². The molecule has 2 aromatic carbocycles. The van der Waals surface area contributed by atoms with Gasteiger partial charge in [-0.25, -0.2) is 9.18 Å². The Kier molecular flexibility index (Phi) is 4.18. The number of amides is 1. The van der Waals surface area contributed by atoms with Crippen LogP contribution >= 0.6 is 0 Å². The Hall–Kier alpha value is -2.89. The summed E-state index contributed by atoms with van der Waals surface area (Å²) in [4.78, 5) is 23.0. The normalized spacial score (nSPS) is 10.1. The molecule has 0 aromatic heterocycles. The standard InChI is InChI=1S/C15H13FN2O3/c16-10-3-1-9(2-4-10)7-14(19)18-13-6-5-11(17)8-12(13)15(20)21/h1-6,8H,7,17H2,(H,18,19)(H,20,21). The van der Waals surface area contributed by atoms with Gasteiger partial charge in [-0.3, -0.25) is 4.79 Å². The first-order valence-corrected chi connectivity index (χ1v) is 6.13. The van der Waals surface area contributed by atoms with Crippen molar-refractivity contribution in [1.82, 2.24) is 0 Å². The van der Waals surface area contributed by atoms with Crippen LogP contribution in [0.15, 0.2) is 42.5 Å². The Bertz CT molecular complexity index is 684. The van der Waals surface area contributed by atoms with Gasteiger partial charge in [0.05, 0.1) is 17.7 Å².